The van der Waals surface area contributed by atoms with Crippen LogP contribution in [0.25, 0.3) is 0 Å². The zero-order chi connectivity index (χ0) is 19.4. The number of carbonyl (C=O) groups is 2. The van der Waals surface area contributed by atoms with Gasteiger partial charge in [0.25, 0.3) is 5.91 Å². The van der Waals surface area contributed by atoms with E-state index < -0.39 is 11.7 Å². The Morgan fingerprint density at radius 2 is 2.15 bits per heavy atom. The Labute approximate surface area is 159 Å². The van der Waals surface area contributed by atoms with Crippen LogP contribution >= 0.6 is 0 Å². The standard InChI is InChI=1S/C18H29N5O4/c1-21(2)10-6-19-16(25)14-12-23-11-7-20-17(23)18(27-14)4-8-22(9-5-18)15(24)13-26-3/h7,11,14H,4-6,8-10,12-13H2,1-3H3,(H,19,25). The third kappa shape index (κ3) is 4.31. The first-order chi connectivity index (χ1) is 12.9. The van der Waals surface area contributed by atoms with Gasteiger partial charge in [-0.25, -0.2) is 4.98 Å². The van der Waals surface area contributed by atoms with Crippen LogP contribution in [0.4, 0.5) is 0 Å². The fourth-order valence-electron chi connectivity index (χ4n) is 3.72. The van der Waals surface area contributed by atoms with Crippen LogP contribution in [0.1, 0.15) is 18.7 Å². The van der Waals surface area contributed by atoms with Gasteiger partial charge in [-0.05, 0) is 14.1 Å². The molecule has 1 aromatic heterocycles. The number of hydrogen-bond acceptors (Lipinski definition) is 6. The lowest BCUT2D eigenvalue weighted by Crippen LogP contribution is -2.55. The summed E-state index contributed by atoms with van der Waals surface area (Å²) in [6, 6.07) is 0. The molecule has 1 spiro atoms. The Balaban J connectivity index is 1.68. The van der Waals surface area contributed by atoms with Gasteiger partial charge in [-0.2, -0.15) is 0 Å². The van der Waals surface area contributed by atoms with Crippen molar-refractivity contribution in [2.75, 3.05) is 54.0 Å². The summed E-state index contributed by atoms with van der Waals surface area (Å²) in [5.74, 6) is 0.719. The molecule has 0 aliphatic carbocycles. The van der Waals surface area contributed by atoms with Crippen LogP contribution < -0.4 is 5.32 Å². The van der Waals surface area contributed by atoms with E-state index >= 15 is 0 Å². The second-order valence-electron chi connectivity index (χ2n) is 7.41. The topological polar surface area (TPSA) is 88.9 Å². The van der Waals surface area contributed by atoms with Crippen molar-refractivity contribution >= 4 is 11.8 Å². The van der Waals surface area contributed by atoms with Crippen LogP contribution in [-0.4, -0.2) is 91.3 Å². The molecular weight excluding hydrogens is 350 g/mol. The SMILES string of the molecule is COCC(=O)N1CCC2(CC1)OC(C(=O)NCCN(C)C)Cn1ccnc12. The third-order valence-corrected chi connectivity index (χ3v) is 5.20. The van der Waals surface area contributed by atoms with E-state index in [-0.39, 0.29) is 18.4 Å². The maximum Gasteiger partial charge on any atom is 0.251 e. The quantitative estimate of drug-likeness (QED) is 0.712. The van der Waals surface area contributed by atoms with E-state index in [1.54, 1.807) is 11.1 Å². The number of nitrogens with one attached hydrogen (secondary N) is 1. The maximum absolute atomic E-state index is 12.6. The molecule has 0 bridgehead atoms. The number of fused-ring (bicyclic) bond motifs is 2. The van der Waals surface area contributed by atoms with Crippen LogP contribution in [0.15, 0.2) is 12.4 Å². The molecule has 1 N–H and O–H groups in total. The fraction of sp³-hybridized carbons (Fsp3) is 0.722. The number of amides is 2. The molecule has 1 atom stereocenters. The number of nitrogens with zero attached hydrogens (tertiary/aromatic N) is 4. The molecule has 0 radical (unpaired) electrons. The number of ether oxygens (including phenoxy) is 2. The van der Waals surface area contributed by atoms with Crippen molar-refractivity contribution in [2.24, 2.45) is 0 Å². The van der Waals surface area contributed by atoms with Crippen LogP contribution in [0.2, 0.25) is 0 Å². The van der Waals surface area contributed by atoms with E-state index in [4.69, 9.17) is 9.47 Å². The Morgan fingerprint density at radius 1 is 1.41 bits per heavy atom. The van der Waals surface area contributed by atoms with Gasteiger partial charge in [0.1, 0.15) is 18.0 Å². The van der Waals surface area contributed by atoms with E-state index in [1.165, 1.54) is 7.11 Å². The molecule has 3 rings (SSSR count). The summed E-state index contributed by atoms with van der Waals surface area (Å²) in [5.41, 5.74) is -0.630. The number of methoxy groups -OCH3 is 1. The van der Waals surface area contributed by atoms with Gasteiger partial charge in [0.2, 0.25) is 5.91 Å². The number of hydrogen-bond donors (Lipinski definition) is 1. The van der Waals surface area contributed by atoms with Gasteiger partial charge in [-0.3, -0.25) is 9.59 Å². The van der Waals surface area contributed by atoms with Crippen LogP contribution in [0.3, 0.4) is 0 Å². The molecule has 1 unspecified atom stereocenters. The van der Waals surface area contributed by atoms with Crippen LogP contribution in [0.5, 0.6) is 0 Å². The molecule has 2 amide bonds. The van der Waals surface area contributed by atoms with E-state index in [0.717, 1.165) is 12.4 Å². The lowest BCUT2D eigenvalue weighted by atomic mass is 9.88. The molecule has 1 aromatic rings. The summed E-state index contributed by atoms with van der Waals surface area (Å²) in [4.78, 5) is 33.0. The first kappa shape index (κ1) is 19.8. The number of likely N-dealkylation sites (N-methyl/N-ethyl adjacent to an activating group) is 1. The number of aromatic nitrogens is 2. The number of piperidine rings is 1. The van der Waals surface area contributed by atoms with Gasteiger partial charge in [0, 0.05) is 58.5 Å². The number of likely N-dealkylation sites (tertiary alicyclic amines) is 1. The lowest BCUT2D eigenvalue weighted by Gasteiger charge is -2.45. The average molecular weight is 379 g/mol. The van der Waals surface area contributed by atoms with Crippen molar-refractivity contribution in [3.63, 3.8) is 0 Å². The van der Waals surface area contributed by atoms with Gasteiger partial charge < -0.3 is 29.2 Å². The largest absolute Gasteiger partial charge is 0.375 e. The minimum absolute atomic E-state index is 0.0236. The molecule has 27 heavy (non-hydrogen) atoms. The smallest absolute Gasteiger partial charge is 0.251 e. The van der Waals surface area contributed by atoms with E-state index in [9.17, 15) is 9.59 Å². The summed E-state index contributed by atoms with van der Waals surface area (Å²) in [6.07, 6.45) is 4.30. The van der Waals surface area contributed by atoms with E-state index in [2.05, 4.69) is 10.3 Å². The predicted octanol–water partition coefficient (Wildman–Crippen LogP) is -0.576. The minimum atomic E-state index is -0.630. The van der Waals surface area contributed by atoms with Gasteiger partial charge in [-0.1, -0.05) is 0 Å². The molecule has 0 saturated carbocycles. The average Bonchev–Trinajstić information content (AvgIpc) is 3.12. The molecule has 2 aliphatic rings. The minimum Gasteiger partial charge on any atom is -0.375 e. The number of carbonyl (C=O) groups excluding carboxylic acids is 2. The van der Waals surface area contributed by atoms with Crippen molar-refractivity contribution in [2.45, 2.75) is 31.1 Å². The van der Waals surface area contributed by atoms with Crippen LogP contribution in [0, 0.1) is 0 Å². The molecule has 150 valence electrons. The summed E-state index contributed by atoms with van der Waals surface area (Å²) in [5, 5.41) is 2.95. The van der Waals surface area contributed by atoms with Gasteiger partial charge in [0.15, 0.2) is 6.10 Å². The van der Waals surface area contributed by atoms with Crippen LogP contribution in [-0.2, 0) is 31.2 Å². The van der Waals surface area contributed by atoms with Crippen molar-refractivity contribution < 1.29 is 19.1 Å². The lowest BCUT2D eigenvalue weighted by molar-refractivity contribution is -0.176. The molecule has 9 nitrogen and oxygen atoms in total. The highest BCUT2D eigenvalue weighted by molar-refractivity contribution is 5.81. The zero-order valence-corrected chi connectivity index (χ0v) is 16.3. The Bertz CT molecular complexity index is 666. The first-order valence-electron chi connectivity index (χ1n) is 9.34. The van der Waals surface area contributed by atoms with E-state index in [1.807, 2.05) is 29.8 Å². The highest BCUT2D eigenvalue weighted by Gasteiger charge is 2.47. The Morgan fingerprint density at radius 3 is 2.81 bits per heavy atom. The van der Waals surface area contributed by atoms with Gasteiger partial charge in [-0.15, -0.1) is 0 Å². The number of imidazole rings is 1. The molecule has 2 aliphatic heterocycles. The summed E-state index contributed by atoms with van der Waals surface area (Å²) >= 11 is 0. The summed E-state index contributed by atoms with van der Waals surface area (Å²) in [6.45, 7) is 3.01. The molecule has 9 heteroatoms. The normalized spacial score (nSPS) is 21.3. The molecule has 3 heterocycles. The van der Waals surface area contributed by atoms with Gasteiger partial charge >= 0.3 is 0 Å². The molecule has 1 fully saturated rings. The van der Waals surface area contributed by atoms with Crippen molar-refractivity contribution in [1.82, 2.24) is 24.7 Å². The fourth-order valence-corrected chi connectivity index (χ4v) is 3.72. The van der Waals surface area contributed by atoms with Crippen molar-refractivity contribution in [3.8, 4) is 0 Å². The zero-order valence-electron chi connectivity index (χ0n) is 16.3. The van der Waals surface area contributed by atoms with Crippen molar-refractivity contribution in [3.05, 3.63) is 18.2 Å². The summed E-state index contributed by atoms with van der Waals surface area (Å²) in [7, 11) is 5.45. The predicted molar refractivity (Wildman–Crippen MR) is 98.0 cm³/mol. The Kier molecular flexibility index (Phi) is 6.13. The second-order valence-corrected chi connectivity index (χ2v) is 7.41. The first-order valence-corrected chi connectivity index (χ1v) is 9.34. The highest BCUT2D eigenvalue weighted by atomic mass is 16.5. The molecular formula is C18H29N5O4. The van der Waals surface area contributed by atoms with Gasteiger partial charge in [0.05, 0.1) is 6.54 Å². The highest BCUT2D eigenvalue weighted by Crippen LogP contribution is 2.40. The molecule has 1 saturated heterocycles. The number of rotatable bonds is 6. The Hall–Kier alpha value is -1.97. The third-order valence-electron chi connectivity index (χ3n) is 5.20. The second kappa shape index (κ2) is 8.37. The van der Waals surface area contributed by atoms with Crippen molar-refractivity contribution in [1.29, 1.82) is 0 Å². The maximum atomic E-state index is 12.6. The summed E-state index contributed by atoms with van der Waals surface area (Å²) < 4.78 is 13.3. The molecule has 0 aromatic carbocycles. The monoisotopic (exact) mass is 379 g/mol. The van der Waals surface area contributed by atoms with E-state index in [0.29, 0.717) is 39.0 Å².